The first-order valence-corrected chi connectivity index (χ1v) is 5.84. The molecule has 0 fully saturated rings. The normalized spacial score (nSPS) is 10.3. The van der Waals surface area contributed by atoms with Crippen molar-refractivity contribution >= 4 is 63.7 Å². The molecule has 0 saturated carbocycles. The Morgan fingerprint density at radius 3 is 1.08 bits per heavy atom. The topological polar surface area (TPSA) is 46.1 Å². The van der Waals surface area contributed by atoms with Gasteiger partial charge in [-0.25, -0.2) is 0 Å². The van der Waals surface area contributed by atoms with Crippen LogP contribution in [0.1, 0.15) is 0 Å². The highest BCUT2D eigenvalue weighted by Crippen LogP contribution is 2.46. The van der Waals surface area contributed by atoms with Gasteiger partial charge in [-0.05, 0) is 31.9 Å². The second-order valence-corrected chi connectivity index (χ2v) is 5.09. The fourth-order valence-corrected chi connectivity index (χ4v) is 2.64. The van der Waals surface area contributed by atoms with Crippen LogP contribution in [0.15, 0.2) is 17.9 Å². The molecule has 0 heterocycles. The molecule has 0 spiro atoms. The third-order valence-corrected chi connectivity index (χ3v) is 5.88. The average Bonchev–Trinajstić information content (AvgIpc) is 2.08. The smallest absolute Gasteiger partial charge is 0.0464 e. The van der Waals surface area contributed by atoms with Crippen molar-refractivity contribution < 1.29 is 10.2 Å². The molecule has 1 aromatic carbocycles. The van der Waals surface area contributed by atoms with Crippen LogP contribution in [0.5, 0.6) is 11.5 Å². The van der Waals surface area contributed by atoms with Crippen LogP contribution in [0.25, 0.3) is 0 Å². The molecule has 0 aliphatic heterocycles. The van der Waals surface area contributed by atoms with Crippen LogP contribution in [-0.2, 0) is 0 Å². The summed E-state index contributed by atoms with van der Waals surface area (Å²) in [6.07, 6.45) is 0. The Bertz CT molecular complexity index is 232. The largest absolute Gasteiger partial charge is 0.872 e. The Morgan fingerprint density at radius 2 is 0.833 bits per heavy atom. The first-order chi connectivity index (χ1) is 5.46. The van der Waals surface area contributed by atoms with Crippen molar-refractivity contribution in [3.8, 4) is 11.5 Å². The van der Waals surface area contributed by atoms with Gasteiger partial charge in [0.05, 0.1) is 0 Å². The molecule has 12 heavy (non-hydrogen) atoms. The molecule has 2 nitrogen and oxygen atoms in total. The van der Waals surface area contributed by atoms with Gasteiger partial charge in [-0.2, -0.15) is 0 Å². The van der Waals surface area contributed by atoms with E-state index in [1.165, 1.54) is 0 Å². The van der Waals surface area contributed by atoms with Crippen LogP contribution < -0.4 is 10.2 Å². The van der Waals surface area contributed by atoms with Crippen LogP contribution in [0, 0.1) is 0 Å². The second kappa shape index (κ2) is 3.86. The van der Waals surface area contributed by atoms with Crippen LogP contribution in [0.2, 0.25) is 0 Å². The van der Waals surface area contributed by atoms with Crippen molar-refractivity contribution in [3.63, 3.8) is 0 Å². The number of halogens is 4. The maximum absolute atomic E-state index is 11.1. The van der Waals surface area contributed by atoms with Gasteiger partial charge in [0.25, 0.3) is 0 Å². The van der Waals surface area contributed by atoms with Crippen molar-refractivity contribution in [2.45, 2.75) is 0 Å². The fraction of sp³-hybridized carbons (Fsp3) is 0. The van der Waals surface area contributed by atoms with Gasteiger partial charge in [0.2, 0.25) is 0 Å². The summed E-state index contributed by atoms with van der Waals surface area (Å²) in [5.41, 5.74) is 0. The van der Waals surface area contributed by atoms with Gasteiger partial charge in [0.1, 0.15) is 0 Å². The minimum absolute atomic E-state index is 0.238. The lowest BCUT2D eigenvalue weighted by Gasteiger charge is -2.23. The molecular formula is C6Br4O2-2. The molecule has 0 atom stereocenters. The monoisotopic (exact) mass is 420 g/mol. The molecule has 0 aliphatic carbocycles. The van der Waals surface area contributed by atoms with Crippen molar-refractivity contribution in [2.75, 3.05) is 0 Å². The second-order valence-electron chi connectivity index (χ2n) is 1.91. The van der Waals surface area contributed by atoms with E-state index in [1.807, 2.05) is 0 Å². The number of rotatable bonds is 0. The maximum atomic E-state index is 11.1. The summed E-state index contributed by atoms with van der Waals surface area (Å²) in [7, 11) is 0. The molecular weight excluding hydrogens is 424 g/mol. The zero-order valence-electron chi connectivity index (χ0n) is 5.33. The Labute approximate surface area is 102 Å². The van der Waals surface area contributed by atoms with E-state index in [-0.39, 0.29) is 8.95 Å². The van der Waals surface area contributed by atoms with Gasteiger partial charge in [0.15, 0.2) is 0 Å². The van der Waals surface area contributed by atoms with E-state index in [4.69, 9.17) is 0 Å². The molecule has 1 aromatic rings. The Hall–Kier alpha value is 0.740. The number of hydrogen-bond donors (Lipinski definition) is 0. The predicted octanol–water partition coefficient (Wildman–Crippen LogP) is 2.88. The summed E-state index contributed by atoms with van der Waals surface area (Å²) in [5, 5.41) is 22.2. The number of hydrogen-bond acceptors (Lipinski definition) is 2. The first-order valence-electron chi connectivity index (χ1n) is 2.66. The molecule has 1 rings (SSSR count). The summed E-state index contributed by atoms with van der Waals surface area (Å²) in [4.78, 5) is 0. The van der Waals surface area contributed by atoms with Gasteiger partial charge < -0.3 is 10.2 Å². The molecule has 0 amide bonds. The van der Waals surface area contributed by atoms with Gasteiger partial charge in [0, 0.05) is 17.9 Å². The zero-order chi connectivity index (χ0) is 9.46. The molecule has 0 unspecified atom stereocenters. The molecule has 0 bridgehead atoms. The Kier molecular flexibility index (Phi) is 3.48. The van der Waals surface area contributed by atoms with Crippen molar-refractivity contribution in [1.82, 2.24) is 0 Å². The summed E-state index contributed by atoms with van der Waals surface area (Å²) in [5.74, 6) is -1.12. The fourth-order valence-electron chi connectivity index (χ4n) is 0.591. The van der Waals surface area contributed by atoms with Crippen molar-refractivity contribution in [3.05, 3.63) is 17.9 Å². The number of benzene rings is 1. The van der Waals surface area contributed by atoms with Gasteiger partial charge in [-0.15, -0.1) is 11.5 Å². The van der Waals surface area contributed by atoms with E-state index in [1.54, 1.807) is 0 Å². The van der Waals surface area contributed by atoms with Gasteiger partial charge >= 0.3 is 0 Å². The summed E-state index contributed by atoms with van der Waals surface area (Å²) < 4.78 is 1.56. The van der Waals surface area contributed by atoms with E-state index in [9.17, 15) is 10.2 Å². The molecule has 6 heteroatoms. The maximum Gasteiger partial charge on any atom is 0.0464 e. The molecule has 0 aliphatic rings. The third kappa shape index (κ3) is 1.66. The van der Waals surface area contributed by atoms with Crippen molar-refractivity contribution in [1.29, 1.82) is 0 Å². The van der Waals surface area contributed by atoms with Crippen LogP contribution in [0.4, 0.5) is 0 Å². The highest BCUT2D eigenvalue weighted by molar-refractivity contribution is 9.15. The lowest BCUT2D eigenvalue weighted by atomic mass is 10.3. The lowest BCUT2D eigenvalue weighted by Crippen LogP contribution is -2.02. The van der Waals surface area contributed by atoms with Crippen LogP contribution >= 0.6 is 63.7 Å². The lowest BCUT2D eigenvalue weighted by molar-refractivity contribution is -0.319. The summed E-state index contributed by atoms with van der Waals surface area (Å²) in [6, 6.07) is 0. The summed E-state index contributed by atoms with van der Waals surface area (Å²) >= 11 is 12.3. The van der Waals surface area contributed by atoms with E-state index < -0.39 is 11.5 Å². The van der Waals surface area contributed by atoms with Gasteiger partial charge in [-0.3, -0.25) is 0 Å². The van der Waals surface area contributed by atoms with E-state index in [0.717, 1.165) is 0 Å². The molecule has 0 aromatic heterocycles. The molecule has 66 valence electrons. The van der Waals surface area contributed by atoms with E-state index in [0.29, 0.717) is 8.95 Å². The molecule has 0 N–H and O–H groups in total. The minimum Gasteiger partial charge on any atom is -0.872 e. The van der Waals surface area contributed by atoms with Gasteiger partial charge in [-0.1, -0.05) is 31.9 Å². The SMILES string of the molecule is [O-]c1c([O-])c(Br)c(Br)c(Br)c1Br. The van der Waals surface area contributed by atoms with Crippen LogP contribution in [-0.4, -0.2) is 0 Å². The third-order valence-electron chi connectivity index (χ3n) is 1.18. The zero-order valence-corrected chi connectivity index (χ0v) is 11.7. The molecule has 0 radical (unpaired) electrons. The summed E-state index contributed by atoms with van der Waals surface area (Å²) in [6.45, 7) is 0. The highest BCUT2D eigenvalue weighted by atomic mass is 79.9. The molecule has 0 saturated heterocycles. The van der Waals surface area contributed by atoms with Crippen molar-refractivity contribution in [2.24, 2.45) is 0 Å². The predicted molar refractivity (Wildman–Crippen MR) is 56.1 cm³/mol. The Morgan fingerprint density at radius 1 is 0.583 bits per heavy atom. The average molecular weight is 424 g/mol. The standard InChI is InChI=1S/C6H2Br4O2/c7-1-2(8)4(10)6(12)5(11)3(1)9/h11-12H/p-2. The minimum atomic E-state index is -0.558. The van der Waals surface area contributed by atoms with E-state index in [2.05, 4.69) is 63.7 Å². The highest BCUT2D eigenvalue weighted by Gasteiger charge is 2.07. The van der Waals surface area contributed by atoms with Crippen LogP contribution in [0.3, 0.4) is 0 Å². The first kappa shape index (κ1) is 10.8. The Balaban J connectivity index is 3.60. The van der Waals surface area contributed by atoms with E-state index >= 15 is 0 Å². The quantitative estimate of drug-likeness (QED) is 0.476.